The van der Waals surface area contributed by atoms with Gasteiger partial charge in [-0.2, -0.15) is 0 Å². The summed E-state index contributed by atoms with van der Waals surface area (Å²) in [7, 11) is 1.60. The second-order valence-corrected chi connectivity index (χ2v) is 6.46. The van der Waals surface area contributed by atoms with Crippen LogP contribution in [0.3, 0.4) is 0 Å². The van der Waals surface area contributed by atoms with E-state index in [9.17, 15) is 14.7 Å². The summed E-state index contributed by atoms with van der Waals surface area (Å²) >= 11 is 3.32. The molecule has 0 aliphatic rings. The minimum atomic E-state index is -0.391. The molecule has 0 fully saturated rings. The maximum atomic E-state index is 12.8. The number of aromatic nitrogens is 4. The van der Waals surface area contributed by atoms with E-state index in [0.29, 0.717) is 41.9 Å². The standard InChI is InChI=1S/C15H23BrN4O4/c1-4-24-9-20-11-12(17-14(20)16)18(3)15(23)19(13(11)22)8-6-5-7-10(2)21/h10,21H,4-9H2,1-3H3/t10-/m1/s1. The number of aryl methyl sites for hydroxylation is 1. The molecule has 0 saturated carbocycles. The first-order chi connectivity index (χ1) is 11.4. The van der Waals surface area contributed by atoms with Crippen LogP contribution in [-0.4, -0.2) is 36.5 Å². The number of nitrogens with zero attached hydrogens (tertiary/aromatic N) is 4. The molecule has 9 heteroatoms. The third-order valence-electron chi connectivity index (χ3n) is 3.86. The Morgan fingerprint density at radius 2 is 2.00 bits per heavy atom. The SMILES string of the molecule is CCOCn1c(Br)nc2c1c(=O)n(CCCC[C@@H](C)O)c(=O)n2C. The lowest BCUT2D eigenvalue weighted by atomic mass is 10.2. The average molecular weight is 403 g/mol. The van der Waals surface area contributed by atoms with Crippen molar-refractivity contribution in [3.05, 3.63) is 25.6 Å². The van der Waals surface area contributed by atoms with Gasteiger partial charge in [-0.3, -0.25) is 18.5 Å². The van der Waals surface area contributed by atoms with Crippen molar-refractivity contribution in [2.24, 2.45) is 7.05 Å². The topological polar surface area (TPSA) is 91.3 Å². The maximum absolute atomic E-state index is 12.8. The molecule has 1 atom stereocenters. The molecule has 0 aromatic carbocycles. The molecule has 24 heavy (non-hydrogen) atoms. The fraction of sp³-hybridized carbons (Fsp3) is 0.667. The molecular weight excluding hydrogens is 380 g/mol. The molecule has 0 amide bonds. The van der Waals surface area contributed by atoms with Crippen molar-refractivity contribution in [2.75, 3.05) is 6.61 Å². The number of halogens is 1. The lowest BCUT2D eigenvalue weighted by molar-refractivity contribution is 0.0888. The maximum Gasteiger partial charge on any atom is 0.332 e. The zero-order chi connectivity index (χ0) is 17.9. The van der Waals surface area contributed by atoms with Crippen molar-refractivity contribution >= 4 is 27.1 Å². The Hall–Kier alpha value is -1.45. The zero-order valence-electron chi connectivity index (χ0n) is 14.2. The zero-order valence-corrected chi connectivity index (χ0v) is 15.7. The normalized spacial score (nSPS) is 12.9. The summed E-state index contributed by atoms with van der Waals surface area (Å²) in [5.74, 6) is 0. The highest BCUT2D eigenvalue weighted by Gasteiger charge is 2.19. The number of unbranched alkanes of at least 4 members (excludes halogenated alkanes) is 1. The van der Waals surface area contributed by atoms with E-state index in [4.69, 9.17) is 4.74 Å². The number of hydrogen-bond acceptors (Lipinski definition) is 5. The lowest BCUT2D eigenvalue weighted by Crippen LogP contribution is -2.39. The van der Waals surface area contributed by atoms with Gasteiger partial charge in [0.1, 0.15) is 6.73 Å². The summed E-state index contributed by atoms with van der Waals surface area (Å²) in [6, 6.07) is 0. The predicted octanol–water partition coefficient (Wildman–Crippen LogP) is 1.20. The van der Waals surface area contributed by atoms with Gasteiger partial charge in [-0.25, -0.2) is 9.78 Å². The average Bonchev–Trinajstić information content (AvgIpc) is 2.86. The third-order valence-corrected chi connectivity index (χ3v) is 4.47. The molecule has 1 N–H and O–H groups in total. The lowest BCUT2D eigenvalue weighted by Gasteiger charge is -2.10. The molecular formula is C15H23BrN4O4. The summed E-state index contributed by atoms with van der Waals surface area (Å²) in [4.78, 5) is 29.5. The van der Waals surface area contributed by atoms with Gasteiger partial charge in [-0.15, -0.1) is 0 Å². The molecule has 0 unspecified atom stereocenters. The first-order valence-electron chi connectivity index (χ1n) is 7.99. The van der Waals surface area contributed by atoms with Crippen molar-refractivity contribution in [3.63, 3.8) is 0 Å². The van der Waals surface area contributed by atoms with Gasteiger partial charge in [0.25, 0.3) is 5.56 Å². The molecule has 0 bridgehead atoms. The third kappa shape index (κ3) is 3.79. The molecule has 2 heterocycles. The van der Waals surface area contributed by atoms with Gasteiger partial charge in [0.05, 0.1) is 6.10 Å². The van der Waals surface area contributed by atoms with Gasteiger partial charge in [-0.05, 0) is 49.0 Å². The second-order valence-electron chi connectivity index (χ2n) is 5.75. The largest absolute Gasteiger partial charge is 0.393 e. The van der Waals surface area contributed by atoms with E-state index < -0.39 is 5.69 Å². The Kier molecular flexibility index (Phi) is 6.36. The van der Waals surface area contributed by atoms with Crippen LogP contribution < -0.4 is 11.2 Å². The number of aliphatic hydroxyl groups is 1. The summed E-state index contributed by atoms with van der Waals surface area (Å²) < 4.78 is 10.1. The van der Waals surface area contributed by atoms with E-state index in [2.05, 4.69) is 20.9 Å². The second kappa shape index (κ2) is 8.09. The van der Waals surface area contributed by atoms with Gasteiger partial charge < -0.3 is 9.84 Å². The van der Waals surface area contributed by atoms with Gasteiger partial charge in [-0.1, -0.05) is 0 Å². The molecule has 0 saturated heterocycles. The quantitative estimate of drug-likeness (QED) is 0.529. The van der Waals surface area contributed by atoms with E-state index >= 15 is 0 Å². The summed E-state index contributed by atoms with van der Waals surface area (Å²) in [5, 5.41) is 9.30. The highest BCUT2D eigenvalue weighted by molar-refractivity contribution is 9.10. The van der Waals surface area contributed by atoms with Gasteiger partial charge >= 0.3 is 5.69 Å². The van der Waals surface area contributed by atoms with Crippen LogP contribution in [-0.2, 0) is 25.1 Å². The van der Waals surface area contributed by atoms with Gasteiger partial charge in [0.2, 0.25) is 0 Å². The van der Waals surface area contributed by atoms with Crippen molar-refractivity contribution in [2.45, 2.75) is 52.5 Å². The van der Waals surface area contributed by atoms with Crippen LogP contribution in [0.1, 0.15) is 33.1 Å². The molecule has 2 rings (SSSR count). The van der Waals surface area contributed by atoms with E-state index in [1.807, 2.05) is 6.92 Å². The van der Waals surface area contributed by atoms with Crippen LogP contribution in [0, 0.1) is 0 Å². The molecule has 2 aromatic rings. The molecule has 0 radical (unpaired) electrons. The number of ether oxygens (including phenoxy) is 1. The highest BCUT2D eigenvalue weighted by atomic mass is 79.9. The van der Waals surface area contributed by atoms with E-state index in [-0.39, 0.29) is 18.4 Å². The Morgan fingerprint density at radius 1 is 1.29 bits per heavy atom. The van der Waals surface area contributed by atoms with Crippen molar-refractivity contribution < 1.29 is 9.84 Å². The van der Waals surface area contributed by atoms with Crippen molar-refractivity contribution in [1.29, 1.82) is 0 Å². The van der Waals surface area contributed by atoms with Crippen LogP contribution in [0.25, 0.3) is 11.2 Å². The summed E-state index contributed by atoms with van der Waals surface area (Å²) in [5.41, 5.74) is -0.0917. The molecule has 0 aliphatic heterocycles. The minimum Gasteiger partial charge on any atom is -0.393 e. The van der Waals surface area contributed by atoms with Crippen molar-refractivity contribution in [3.8, 4) is 0 Å². The molecule has 0 spiro atoms. The van der Waals surface area contributed by atoms with E-state index in [1.165, 1.54) is 9.13 Å². The van der Waals surface area contributed by atoms with Crippen LogP contribution >= 0.6 is 15.9 Å². The minimum absolute atomic E-state index is 0.184. The Balaban J connectivity index is 2.45. The van der Waals surface area contributed by atoms with E-state index in [0.717, 1.165) is 6.42 Å². The number of imidazole rings is 1. The molecule has 0 aliphatic carbocycles. The Labute approximate surface area is 147 Å². The number of fused-ring (bicyclic) bond motifs is 1. The first kappa shape index (κ1) is 18.9. The Bertz CT molecular complexity index is 821. The Morgan fingerprint density at radius 3 is 2.62 bits per heavy atom. The molecule has 8 nitrogen and oxygen atoms in total. The smallest absolute Gasteiger partial charge is 0.332 e. The molecule has 134 valence electrons. The van der Waals surface area contributed by atoms with Crippen molar-refractivity contribution in [1.82, 2.24) is 18.7 Å². The predicted molar refractivity (Wildman–Crippen MR) is 94.1 cm³/mol. The van der Waals surface area contributed by atoms with Crippen LogP contribution in [0.5, 0.6) is 0 Å². The van der Waals surface area contributed by atoms with Gasteiger partial charge in [0.15, 0.2) is 15.9 Å². The summed E-state index contributed by atoms with van der Waals surface area (Å²) in [6.07, 6.45) is 1.65. The summed E-state index contributed by atoms with van der Waals surface area (Å²) in [6.45, 7) is 4.59. The monoisotopic (exact) mass is 402 g/mol. The van der Waals surface area contributed by atoms with Crippen LogP contribution in [0.2, 0.25) is 0 Å². The van der Waals surface area contributed by atoms with Crippen LogP contribution in [0.15, 0.2) is 14.3 Å². The van der Waals surface area contributed by atoms with Gasteiger partial charge in [0, 0.05) is 20.2 Å². The number of aliphatic hydroxyl groups excluding tert-OH is 1. The van der Waals surface area contributed by atoms with Crippen LogP contribution in [0.4, 0.5) is 0 Å². The number of rotatable bonds is 8. The fourth-order valence-electron chi connectivity index (χ4n) is 2.55. The first-order valence-corrected chi connectivity index (χ1v) is 8.79. The molecule has 2 aromatic heterocycles. The van der Waals surface area contributed by atoms with E-state index in [1.54, 1.807) is 18.5 Å². The fourth-order valence-corrected chi connectivity index (χ4v) is 3.00. The highest BCUT2D eigenvalue weighted by Crippen LogP contribution is 2.16. The number of hydrogen-bond donors (Lipinski definition) is 1.